The second-order valence-electron chi connectivity index (χ2n) is 7.61. The fraction of sp³-hybridized carbons (Fsp3) is 0.476. The van der Waals surface area contributed by atoms with Gasteiger partial charge in [-0.15, -0.1) is 5.10 Å². The van der Waals surface area contributed by atoms with Crippen LogP contribution in [-0.2, 0) is 20.9 Å². The summed E-state index contributed by atoms with van der Waals surface area (Å²) >= 11 is 0. The zero-order valence-electron chi connectivity index (χ0n) is 17.9. The number of hydrogen-bond acceptors (Lipinski definition) is 9. The van der Waals surface area contributed by atoms with Gasteiger partial charge in [-0.2, -0.15) is 10.2 Å². The molecule has 2 aromatic heterocycles. The minimum atomic E-state index is -0.425. The summed E-state index contributed by atoms with van der Waals surface area (Å²) in [4.78, 5) is 12.5. The van der Waals surface area contributed by atoms with Crippen molar-refractivity contribution in [3.8, 4) is 11.4 Å². The van der Waals surface area contributed by atoms with E-state index in [-0.39, 0.29) is 18.6 Å². The van der Waals surface area contributed by atoms with E-state index in [1.807, 2.05) is 26.0 Å². The summed E-state index contributed by atoms with van der Waals surface area (Å²) in [5.41, 5.74) is 3.20. The van der Waals surface area contributed by atoms with Gasteiger partial charge in [0.25, 0.3) is 5.91 Å². The highest BCUT2D eigenvalue weighted by molar-refractivity contribution is 6.43. The second-order valence-corrected chi connectivity index (χ2v) is 7.61. The molecule has 0 spiro atoms. The highest BCUT2D eigenvalue weighted by Crippen LogP contribution is 2.25. The number of rotatable bonds is 6. The molecule has 4 heterocycles. The molecular weight excluding hydrogens is 400 g/mol. The third kappa shape index (κ3) is 4.97. The van der Waals surface area contributed by atoms with Gasteiger partial charge in [0.05, 0.1) is 17.9 Å². The Morgan fingerprint density at radius 3 is 2.77 bits per heavy atom. The predicted octanol–water partition coefficient (Wildman–Crippen LogP) is 1.74. The quantitative estimate of drug-likeness (QED) is 0.743. The lowest BCUT2D eigenvalue weighted by Gasteiger charge is -2.27. The van der Waals surface area contributed by atoms with Gasteiger partial charge in [-0.3, -0.25) is 9.80 Å². The number of hydrogen-bond donors (Lipinski definition) is 1. The van der Waals surface area contributed by atoms with Gasteiger partial charge in [0, 0.05) is 26.3 Å². The SMILES string of the molecule is Cc1ccc(-c2noc(C)c2COC2C=CC(C(=O)NC3CCOCC3)=NN2C)nn1. The summed E-state index contributed by atoms with van der Waals surface area (Å²) in [5.74, 6) is 0.461. The van der Waals surface area contributed by atoms with E-state index in [2.05, 4.69) is 25.8 Å². The summed E-state index contributed by atoms with van der Waals surface area (Å²) in [5, 5.41) is 21.4. The molecule has 164 valence electrons. The van der Waals surface area contributed by atoms with E-state index >= 15 is 0 Å². The van der Waals surface area contributed by atoms with Crippen LogP contribution < -0.4 is 5.32 Å². The lowest BCUT2D eigenvalue weighted by atomic mass is 10.1. The predicted molar refractivity (Wildman–Crippen MR) is 112 cm³/mol. The Hall–Kier alpha value is -3.11. The molecule has 1 fully saturated rings. The number of likely N-dealkylation sites (N-methyl/N-ethyl adjacent to an activating group) is 1. The molecule has 0 aromatic carbocycles. The van der Waals surface area contributed by atoms with Gasteiger partial charge in [-0.05, 0) is 51.0 Å². The molecule has 2 aliphatic heterocycles. The first-order valence-corrected chi connectivity index (χ1v) is 10.3. The van der Waals surface area contributed by atoms with Crippen LogP contribution in [0.3, 0.4) is 0 Å². The number of aryl methyl sites for hydroxylation is 2. The Labute approximate surface area is 180 Å². The number of amides is 1. The van der Waals surface area contributed by atoms with E-state index in [1.165, 1.54) is 0 Å². The minimum absolute atomic E-state index is 0.122. The van der Waals surface area contributed by atoms with Crippen LogP contribution in [0, 0.1) is 13.8 Å². The fourth-order valence-corrected chi connectivity index (χ4v) is 3.40. The van der Waals surface area contributed by atoms with Crippen molar-refractivity contribution >= 4 is 11.6 Å². The molecule has 2 aromatic rings. The summed E-state index contributed by atoms with van der Waals surface area (Å²) in [7, 11) is 1.77. The van der Waals surface area contributed by atoms with E-state index in [9.17, 15) is 4.79 Å². The molecule has 1 saturated heterocycles. The van der Waals surface area contributed by atoms with Crippen molar-refractivity contribution in [2.75, 3.05) is 20.3 Å². The van der Waals surface area contributed by atoms with Gasteiger partial charge in [-0.1, -0.05) is 5.16 Å². The maximum Gasteiger partial charge on any atom is 0.271 e. The number of hydrazone groups is 1. The molecule has 2 aliphatic rings. The number of ether oxygens (including phenoxy) is 2. The van der Waals surface area contributed by atoms with Crippen molar-refractivity contribution in [3.63, 3.8) is 0 Å². The van der Waals surface area contributed by atoms with Gasteiger partial charge < -0.3 is 19.3 Å². The van der Waals surface area contributed by atoms with Crippen LogP contribution in [0.5, 0.6) is 0 Å². The molecule has 0 aliphatic carbocycles. The molecule has 0 saturated carbocycles. The highest BCUT2D eigenvalue weighted by atomic mass is 16.5. The molecule has 0 radical (unpaired) electrons. The minimum Gasteiger partial charge on any atom is -0.381 e. The van der Waals surface area contributed by atoms with Crippen molar-refractivity contribution in [1.82, 2.24) is 25.7 Å². The zero-order chi connectivity index (χ0) is 21.8. The molecule has 10 heteroatoms. The largest absolute Gasteiger partial charge is 0.381 e. The molecule has 1 N–H and O–H groups in total. The lowest BCUT2D eigenvalue weighted by molar-refractivity contribution is -0.116. The fourth-order valence-electron chi connectivity index (χ4n) is 3.40. The van der Waals surface area contributed by atoms with Gasteiger partial charge >= 0.3 is 0 Å². The molecule has 31 heavy (non-hydrogen) atoms. The number of carbonyl (C=O) groups excluding carboxylic acids is 1. The monoisotopic (exact) mass is 426 g/mol. The van der Waals surface area contributed by atoms with Crippen LogP contribution in [0.4, 0.5) is 0 Å². The number of nitrogens with zero attached hydrogens (tertiary/aromatic N) is 5. The summed E-state index contributed by atoms with van der Waals surface area (Å²) in [6, 6.07) is 3.84. The first-order valence-electron chi connectivity index (χ1n) is 10.3. The van der Waals surface area contributed by atoms with Crippen molar-refractivity contribution in [2.45, 2.75) is 45.6 Å². The van der Waals surface area contributed by atoms with Gasteiger partial charge in [0.1, 0.15) is 22.9 Å². The molecule has 1 atom stereocenters. The van der Waals surface area contributed by atoms with E-state index < -0.39 is 6.23 Å². The van der Waals surface area contributed by atoms with E-state index in [4.69, 9.17) is 14.0 Å². The van der Waals surface area contributed by atoms with E-state index in [0.29, 0.717) is 36.1 Å². The van der Waals surface area contributed by atoms with Crippen LogP contribution in [0.15, 0.2) is 33.9 Å². The number of nitrogens with one attached hydrogen (secondary N) is 1. The Balaban J connectivity index is 1.37. The van der Waals surface area contributed by atoms with Gasteiger partial charge in [0.2, 0.25) is 0 Å². The molecule has 10 nitrogen and oxygen atoms in total. The standard InChI is InChI=1S/C21H26N6O4/c1-13-4-5-17(24-23-13)20-16(14(2)31-26-20)12-30-19-7-6-18(25-27(19)3)21(28)22-15-8-10-29-11-9-15/h4-7,15,19H,8-12H2,1-3H3,(H,22,28). The van der Waals surface area contributed by atoms with Crippen LogP contribution in [0.1, 0.15) is 29.9 Å². The average Bonchev–Trinajstić information content (AvgIpc) is 3.14. The first-order chi connectivity index (χ1) is 15.0. The Kier molecular flexibility index (Phi) is 6.38. The molecule has 1 amide bonds. The number of aromatic nitrogens is 3. The molecule has 0 bridgehead atoms. The zero-order valence-corrected chi connectivity index (χ0v) is 17.9. The smallest absolute Gasteiger partial charge is 0.271 e. The normalized spacial score (nSPS) is 19.4. The van der Waals surface area contributed by atoms with Crippen molar-refractivity contribution in [1.29, 1.82) is 0 Å². The highest BCUT2D eigenvalue weighted by Gasteiger charge is 2.24. The van der Waals surface area contributed by atoms with Crippen LogP contribution >= 0.6 is 0 Å². The van der Waals surface area contributed by atoms with E-state index in [1.54, 1.807) is 24.2 Å². The maximum atomic E-state index is 12.5. The van der Waals surface area contributed by atoms with E-state index in [0.717, 1.165) is 24.1 Å². The summed E-state index contributed by atoms with van der Waals surface area (Å²) in [6.07, 6.45) is 4.70. The van der Waals surface area contributed by atoms with Crippen molar-refractivity contribution in [3.05, 3.63) is 41.3 Å². The first kappa shape index (κ1) is 21.1. The number of carbonyl (C=O) groups is 1. The molecule has 1 unspecified atom stereocenters. The second kappa shape index (κ2) is 9.36. The third-order valence-electron chi connectivity index (χ3n) is 5.27. The Morgan fingerprint density at radius 2 is 2.06 bits per heavy atom. The summed E-state index contributed by atoms with van der Waals surface area (Å²) in [6.45, 7) is 5.29. The topological polar surface area (TPSA) is 115 Å². The third-order valence-corrected chi connectivity index (χ3v) is 5.27. The molecular formula is C21H26N6O4. The van der Waals surface area contributed by atoms with Crippen LogP contribution in [0.25, 0.3) is 11.4 Å². The summed E-state index contributed by atoms with van der Waals surface area (Å²) < 4.78 is 16.7. The van der Waals surface area contributed by atoms with Crippen LogP contribution in [0.2, 0.25) is 0 Å². The maximum absolute atomic E-state index is 12.5. The van der Waals surface area contributed by atoms with Gasteiger partial charge in [0.15, 0.2) is 6.23 Å². The Morgan fingerprint density at radius 1 is 1.26 bits per heavy atom. The van der Waals surface area contributed by atoms with Crippen molar-refractivity contribution in [2.24, 2.45) is 5.10 Å². The van der Waals surface area contributed by atoms with Crippen molar-refractivity contribution < 1.29 is 18.8 Å². The van der Waals surface area contributed by atoms with Gasteiger partial charge in [-0.25, -0.2) is 0 Å². The average molecular weight is 426 g/mol. The Bertz CT molecular complexity index is 978. The lowest BCUT2D eigenvalue weighted by Crippen LogP contribution is -2.44. The van der Waals surface area contributed by atoms with Crippen LogP contribution in [-0.4, -0.2) is 64.5 Å². The molecule has 4 rings (SSSR count).